The van der Waals surface area contributed by atoms with Crippen molar-refractivity contribution < 1.29 is 4.74 Å². The van der Waals surface area contributed by atoms with Gasteiger partial charge in [0.2, 0.25) is 0 Å². The van der Waals surface area contributed by atoms with Gasteiger partial charge in [0.05, 0.1) is 13.2 Å². The lowest BCUT2D eigenvalue weighted by Crippen LogP contribution is -2.53. The van der Waals surface area contributed by atoms with Crippen molar-refractivity contribution in [3.8, 4) is 0 Å². The molecule has 1 saturated heterocycles. The lowest BCUT2D eigenvalue weighted by Gasteiger charge is -2.37. The van der Waals surface area contributed by atoms with Crippen molar-refractivity contribution in [3.63, 3.8) is 0 Å². The maximum atomic E-state index is 5.35. The molecule has 1 fully saturated rings. The normalized spacial score (nSPS) is 21.2. The minimum atomic E-state index is 0.747. The second kappa shape index (κ2) is 9.16. The standard InChI is InChI=1S/C17H32N4O/c1-15(2)14-20-8-10-21(11-9-20)17(18-3)19-7-4-16-5-12-22-13-6-16/h5,15H,4,6-14H2,1-3H3,(H,18,19). The van der Waals surface area contributed by atoms with E-state index in [0.717, 1.165) is 70.7 Å². The third kappa shape index (κ3) is 5.61. The number of rotatable bonds is 5. The molecule has 0 atom stereocenters. The summed E-state index contributed by atoms with van der Waals surface area (Å²) in [5.74, 6) is 1.80. The van der Waals surface area contributed by atoms with Gasteiger partial charge in [0.1, 0.15) is 0 Å². The smallest absolute Gasteiger partial charge is 0.193 e. The molecule has 126 valence electrons. The summed E-state index contributed by atoms with van der Waals surface area (Å²) in [6.07, 6.45) is 4.39. The quantitative estimate of drug-likeness (QED) is 0.475. The number of guanidine groups is 1. The van der Waals surface area contributed by atoms with E-state index in [2.05, 4.69) is 40.0 Å². The number of piperazine rings is 1. The van der Waals surface area contributed by atoms with Crippen LogP contribution in [0.5, 0.6) is 0 Å². The largest absolute Gasteiger partial charge is 0.377 e. The molecule has 0 spiro atoms. The van der Waals surface area contributed by atoms with Crippen molar-refractivity contribution in [3.05, 3.63) is 11.6 Å². The molecule has 0 aromatic heterocycles. The Bertz CT molecular complexity index is 384. The van der Waals surface area contributed by atoms with Gasteiger partial charge in [-0.1, -0.05) is 25.5 Å². The first-order valence-corrected chi connectivity index (χ1v) is 8.62. The molecule has 0 bridgehead atoms. The highest BCUT2D eigenvalue weighted by Gasteiger charge is 2.19. The summed E-state index contributed by atoms with van der Waals surface area (Å²) in [7, 11) is 1.89. The van der Waals surface area contributed by atoms with Crippen LogP contribution in [0.2, 0.25) is 0 Å². The molecular weight excluding hydrogens is 276 g/mol. The van der Waals surface area contributed by atoms with E-state index in [1.165, 1.54) is 12.1 Å². The van der Waals surface area contributed by atoms with Crippen LogP contribution in [-0.4, -0.2) is 75.3 Å². The molecule has 0 aromatic carbocycles. The minimum Gasteiger partial charge on any atom is -0.377 e. The molecule has 5 heteroatoms. The van der Waals surface area contributed by atoms with Gasteiger partial charge in [0.15, 0.2) is 5.96 Å². The van der Waals surface area contributed by atoms with Crippen molar-refractivity contribution >= 4 is 5.96 Å². The topological polar surface area (TPSA) is 40.1 Å². The van der Waals surface area contributed by atoms with E-state index in [4.69, 9.17) is 4.74 Å². The molecule has 2 aliphatic heterocycles. The molecule has 2 aliphatic rings. The van der Waals surface area contributed by atoms with Gasteiger partial charge < -0.3 is 15.0 Å². The van der Waals surface area contributed by atoms with Crippen molar-refractivity contribution in [1.82, 2.24) is 15.1 Å². The zero-order valence-electron chi connectivity index (χ0n) is 14.5. The van der Waals surface area contributed by atoms with Crippen LogP contribution < -0.4 is 5.32 Å². The Morgan fingerprint density at radius 3 is 2.68 bits per heavy atom. The van der Waals surface area contributed by atoms with Gasteiger partial charge in [-0.05, 0) is 18.8 Å². The van der Waals surface area contributed by atoms with Crippen LogP contribution in [0.25, 0.3) is 0 Å². The zero-order valence-corrected chi connectivity index (χ0v) is 14.5. The number of aliphatic imine (C=N–C) groups is 1. The van der Waals surface area contributed by atoms with Crippen LogP contribution in [0.15, 0.2) is 16.6 Å². The van der Waals surface area contributed by atoms with Gasteiger partial charge in [-0.3, -0.25) is 9.89 Å². The molecule has 5 nitrogen and oxygen atoms in total. The molecule has 1 N–H and O–H groups in total. The molecule has 2 rings (SSSR count). The maximum absolute atomic E-state index is 5.35. The average Bonchev–Trinajstić information content (AvgIpc) is 2.53. The molecule has 0 aliphatic carbocycles. The van der Waals surface area contributed by atoms with Gasteiger partial charge in [0, 0.05) is 46.3 Å². The Labute approximate surface area is 135 Å². The van der Waals surface area contributed by atoms with E-state index in [-0.39, 0.29) is 0 Å². The SMILES string of the molecule is CN=C(NCCC1=CCOCC1)N1CCN(CC(C)C)CC1. The van der Waals surface area contributed by atoms with Crippen LogP contribution in [0.3, 0.4) is 0 Å². The van der Waals surface area contributed by atoms with Crippen molar-refractivity contribution in [2.45, 2.75) is 26.7 Å². The molecule has 0 saturated carbocycles. The Morgan fingerprint density at radius 1 is 1.32 bits per heavy atom. The van der Waals surface area contributed by atoms with Crippen LogP contribution in [0.1, 0.15) is 26.7 Å². The molecule has 0 aromatic rings. The third-order valence-electron chi connectivity index (χ3n) is 4.29. The Kier molecular flexibility index (Phi) is 7.19. The summed E-state index contributed by atoms with van der Waals surface area (Å²) < 4.78 is 5.35. The van der Waals surface area contributed by atoms with Gasteiger partial charge in [-0.25, -0.2) is 0 Å². The van der Waals surface area contributed by atoms with Crippen LogP contribution in [0.4, 0.5) is 0 Å². The molecule has 2 heterocycles. The van der Waals surface area contributed by atoms with Crippen LogP contribution in [-0.2, 0) is 4.74 Å². The lowest BCUT2D eigenvalue weighted by molar-refractivity contribution is 0.153. The van der Waals surface area contributed by atoms with Gasteiger partial charge >= 0.3 is 0 Å². The summed E-state index contributed by atoms with van der Waals surface area (Å²) in [6, 6.07) is 0. The van der Waals surface area contributed by atoms with Crippen LogP contribution in [0, 0.1) is 5.92 Å². The number of nitrogens with zero attached hydrogens (tertiary/aromatic N) is 3. The highest BCUT2D eigenvalue weighted by atomic mass is 16.5. The van der Waals surface area contributed by atoms with Crippen molar-refractivity contribution in [2.24, 2.45) is 10.9 Å². The first-order valence-electron chi connectivity index (χ1n) is 8.62. The first-order chi connectivity index (χ1) is 10.7. The summed E-state index contributed by atoms with van der Waals surface area (Å²) in [5, 5.41) is 3.52. The van der Waals surface area contributed by atoms with E-state index in [0.29, 0.717) is 0 Å². The molecule has 0 radical (unpaired) electrons. The van der Waals surface area contributed by atoms with Crippen molar-refractivity contribution in [1.29, 1.82) is 0 Å². The maximum Gasteiger partial charge on any atom is 0.193 e. The van der Waals surface area contributed by atoms with E-state index < -0.39 is 0 Å². The molecule has 22 heavy (non-hydrogen) atoms. The monoisotopic (exact) mass is 308 g/mol. The van der Waals surface area contributed by atoms with E-state index in [9.17, 15) is 0 Å². The summed E-state index contributed by atoms with van der Waals surface area (Å²) >= 11 is 0. The van der Waals surface area contributed by atoms with Gasteiger partial charge in [-0.15, -0.1) is 0 Å². The van der Waals surface area contributed by atoms with E-state index >= 15 is 0 Å². The first kappa shape index (κ1) is 17.3. The Hall–Kier alpha value is -1.07. The third-order valence-corrected chi connectivity index (χ3v) is 4.29. The van der Waals surface area contributed by atoms with E-state index in [1.54, 1.807) is 0 Å². The Morgan fingerprint density at radius 2 is 2.09 bits per heavy atom. The number of hydrogen-bond donors (Lipinski definition) is 1. The fourth-order valence-electron chi connectivity index (χ4n) is 3.12. The van der Waals surface area contributed by atoms with Gasteiger partial charge in [-0.2, -0.15) is 0 Å². The predicted molar refractivity (Wildman–Crippen MR) is 92.3 cm³/mol. The highest BCUT2D eigenvalue weighted by Crippen LogP contribution is 2.11. The summed E-state index contributed by atoms with van der Waals surface area (Å²) in [4.78, 5) is 9.39. The zero-order chi connectivity index (χ0) is 15.8. The van der Waals surface area contributed by atoms with Gasteiger partial charge in [0.25, 0.3) is 0 Å². The number of ether oxygens (including phenoxy) is 1. The fraction of sp³-hybridized carbons (Fsp3) is 0.824. The van der Waals surface area contributed by atoms with Crippen LogP contribution >= 0.6 is 0 Å². The fourth-order valence-corrected chi connectivity index (χ4v) is 3.12. The number of nitrogens with one attached hydrogen (secondary N) is 1. The second-order valence-electron chi connectivity index (χ2n) is 6.59. The number of hydrogen-bond acceptors (Lipinski definition) is 3. The average molecular weight is 308 g/mol. The highest BCUT2D eigenvalue weighted by molar-refractivity contribution is 5.80. The van der Waals surface area contributed by atoms with Crippen molar-refractivity contribution in [2.75, 3.05) is 59.5 Å². The molecular formula is C17H32N4O. The molecule has 0 amide bonds. The lowest BCUT2D eigenvalue weighted by atomic mass is 10.1. The van der Waals surface area contributed by atoms with E-state index in [1.807, 2.05) is 7.05 Å². The minimum absolute atomic E-state index is 0.747. The summed E-state index contributed by atoms with van der Waals surface area (Å²) in [6.45, 7) is 12.8. The second-order valence-corrected chi connectivity index (χ2v) is 6.59. The molecule has 0 unspecified atom stereocenters. The Balaban J connectivity index is 1.70. The predicted octanol–water partition coefficient (Wildman–Crippen LogP) is 1.57. The summed E-state index contributed by atoms with van der Waals surface area (Å²) in [5.41, 5.74) is 1.51.